The molecular formula is C14H28N2O2. The highest BCUT2D eigenvalue weighted by molar-refractivity contribution is 5.76. The Morgan fingerprint density at radius 2 is 1.11 bits per heavy atom. The summed E-state index contributed by atoms with van der Waals surface area (Å²) in [5.74, 6) is 0.252. The molecule has 0 aromatic heterocycles. The Hall–Kier alpha value is -1.06. The summed E-state index contributed by atoms with van der Waals surface area (Å²) in [6.07, 6.45) is 4.99. The summed E-state index contributed by atoms with van der Waals surface area (Å²) in [6, 6.07) is 0.615. The smallest absolute Gasteiger partial charge is 0.219 e. The Balaban J connectivity index is 0.00000137. The summed E-state index contributed by atoms with van der Waals surface area (Å²) in [4.78, 5) is 22.4. The topological polar surface area (TPSA) is 58.2 Å². The zero-order chi connectivity index (χ0) is 14.0. The number of amides is 2. The summed E-state index contributed by atoms with van der Waals surface area (Å²) in [6.45, 7) is 7.73. The first-order chi connectivity index (χ1) is 8.65. The zero-order valence-electron chi connectivity index (χ0n) is 12.2. The van der Waals surface area contributed by atoms with Crippen molar-refractivity contribution >= 4 is 11.8 Å². The van der Waals surface area contributed by atoms with Crippen LogP contribution < -0.4 is 10.6 Å². The molecule has 106 valence electrons. The van der Waals surface area contributed by atoms with Crippen LogP contribution in [0.15, 0.2) is 0 Å². The number of hydrogen-bond acceptors (Lipinski definition) is 2. The molecule has 0 atom stereocenters. The lowest BCUT2D eigenvalue weighted by Gasteiger charge is -2.29. The van der Waals surface area contributed by atoms with Crippen molar-refractivity contribution < 1.29 is 9.59 Å². The van der Waals surface area contributed by atoms with Gasteiger partial charge in [-0.05, 0) is 25.7 Å². The van der Waals surface area contributed by atoms with E-state index in [-0.39, 0.29) is 11.8 Å². The molecule has 0 spiro atoms. The molecule has 0 radical (unpaired) electrons. The second-order valence-corrected chi connectivity index (χ2v) is 4.39. The largest absolute Gasteiger partial charge is 0.353 e. The van der Waals surface area contributed by atoms with Gasteiger partial charge < -0.3 is 10.6 Å². The van der Waals surface area contributed by atoms with E-state index >= 15 is 0 Å². The van der Waals surface area contributed by atoms with E-state index in [2.05, 4.69) is 10.6 Å². The minimum atomic E-state index is 0.126. The highest BCUT2D eigenvalue weighted by Crippen LogP contribution is 2.18. The van der Waals surface area contributed by atoms with E-state index in [0.717, 1.165) is 25.7 Å². The second kappa shape index (κ2) is 9.92. The lowest BCUT2D eigenvalue weighted by molar-refractivity contribution is -0.123. The van der Waals surface area contributed by atoms with Crippen LogP contribution in [0.5, 0.6) is 0 Å². The number of carbonyl (C=O) groups is 2. The van der Waals surface area contributed by atoms with Crippen LogP contribution in [-0.2, 0) is 9.59 Å². The number of hydrogen-bond donors (Lipinski definition) is 2. The monoisotopic (exact) mass is 256 g/mol. The van der Waals surface area contributed by atoms with Gasteiger partial charge in [0.2, 0.25) is 11.8 Å². The van der Waals surface area contributed by atoms with E-state index in [1.54, 1.807) is 0 Å². The molecule has 0 aliphatic heterocycles. The predicted molar refractivity (Wildman–Crippen MR) is 74.3 cm³/mol. The molecule has 4 nitrogen and oxygen atoms in total. The first-order valence-corrected chi connectivity index (χ1v) is 7.24. The lowest BCUT2D eigenvalue weighted by atomic mass is 9.91. The molecule has 0 aromatic carbocycles. The summed E-state index contributed by atoms with van der Waals surface area (Å²) < 4.78 is 0. The van der Waals surface area contributed by atoms with Gasteiger partial charge in [-0.3, -0.25) is 9.59 Å². The maximum atomic E-state index is 11.2. The number of nitrogens with one attached hydrogen (secondary N) is 2. The van der Waals surface area contributed by atoms with Gasteiger partial charge in [0.15, 0.2) is 0 Å². The summed E-state index contributed by atoms with van der Waals surface area (Å²) in [7, 11) is 0. The molecular weight excluding hydrogens is 228 g/mol. The van der Waals surface area contributed by atoms with Gasteiger partial charge in [0, 0.05) is 24.9 Å². The molecule has 0 saturated heterocycles. The van der Waals surface area contributed by atoms with Crippen LogP contribution in [0.2, 0.25) is 0 Å². The van der Waals surface area contributed by atoms with Gasteiger partial charge in [0.1, 0.15) is 0 Å². The number of carbonyl (C=O) groups excluding carboxylic acids is 2. The Kier molecular flexibility index (Phi) is 9.33. The molecule has 1 fully saturated rings. The summed E-state index contributed by atoms with van der Waals surface area (Å²) >= 11 is 0. The molecule has 4 heteroatoms. The van der Waals surface area contributed by atoms with Crippen molar-refractivity contribution in [3.8, 4) is 0 Å². The molecule has 2 amide bonds. The van der Waals surface area contributed by atoms with Gasteiger partial charge in [-0.2, -0.15) is 0 Å². The first-order valence-electron chi connectivity index (χ1n) is 7.24. The van der Waals surface area contributed by atoms with Gasteiger partial charge >= 0.3 is 0 Å². The fourth-order valence-corrected chi connectivity index (χ4v) is 2.04. The van der Waals surface area contributed by atoms with Crippen molar-refractivity contribution in [2.24, 2.45) is 0 Å². The third-order valence-corrected chi connectivity index (χ3v) is 3.10. The molecule has 0 aromatic rings. The molecule has 1 aliphatic carbocycles. The third kappa shape index (κ3) is 6.62. The second-order valence-electron chi connectivity index (χ2n) is 4.39. The highest BCUT2D eigenvalue weighted by Gasteiger charge is 2.22. The van der Waals surface area contributed by atoms with E-state index in [9.17, 15) is 9.59 Å². The Morgan fingerprint density at radius 1 is 0.833 bits per heavy atom. The highest BCUT2D eigenvalue weighted by atomic mass is 16.2. The molecule has 0 bridgehead atoms. The minimum absolute atomic E-state index is 0.126. The van der Waals surface area contributed by atoms with E-state index in [0.29, 0.717) is 24.9 Å². The maximum Gasteiger partial charge on any atom is 0.219 e. The van der Waals surface area contributed by atoms with Crippen LogP contribution in [0.3, 0.4) is 0 Å². The van der Waals surface area contributed by atoms with Crippen LogP contribution in [0.1, 0.15) is 66.2 Å². The Labute approximate surface area is 111 Å². The summed E-state index contributed by atoms with van der Waals surface area (Å²) in [5.41, 5.74) is 0. The van der Waals surface area contributed by atoms with Gasteiger partial charge in [-0.25, -0.2) is 0 Å². The molecule has 0 heterocycles. The van der Waals surface area contributed by atoms with E-state index < -0.39 is 0 Å². The van der Waals surface area contributed by atoms with Crippen molar-refractivity contribution in [1.29, 1.82) is 0 Å². The standard InChI is InChI=1S/C12H22N2O2.C2H6/c1-3-11(15)13-9-5-7-10(8-6-9)14-12(16)4-2;1-2/h9-10H,3-8H2,1-2H3,(H,13,15)(H,14,16);1-2H3. The predicted octanol–water partition coefficient (Wildman–Crippen LogP) is 2.38. The maximum absolute atomic E-state index is 11.2. The third-order valence-electron chi connectivity index (χ3n) is 3.10. The fraction of sp³-hybridized carbons (Fsp3) is 0.857. The summed E-state index contributed by atoms with van der Waals surface area (Å²) in [5, 5.41) is 6.01. The molecule has 1 aliphatic rings. The molecule has 0 unspecified atom stereocenters. The van der Waals surface area contributed by atoms with Gasteiger partial charge in [-0.15, -0.1) is 0 Å². The Morgan fingerprint density at radius 3 is 1.33 bits per heavy atom. The SMILES string of the molecule is CC.CCC(=O)NC1CCC(NC(=O)CC)CC1. The van der Waals surface area contributed by atoms with Gasteiger partial charge in [0.25, 0.3) is 0 Å². The quantitative estimate of drug-likeness (QED) is 0.811. The van der Waals surface area contributed by atoms with E-state index in [4.69, 9.17) is 0 Å². The average molecular weight is 256 g/mol. The fourth-order valence-electron chi connectivity index (χ4n) is 2.04. The first kappa shape index (κ1) is 16.9. The minimum Gasteiger partial charge on any atom is -0.353 e. The lowest BCUT2D eigenvalue weighted by Crippen LogP contribution is -2.43. The van der Waals surface area contributed by atoms with E-state index in [1.165, 1.54) is 0 Å². The zero-order valence-corrected chi connectivity index (χ0v) is 12.2. The van der Waals surface area contributed by atoms with E-state index in [1.807, 2.05) is 27.7 Å². The molecule has 18 heavy (non-hydrogen) atoms. The van der Waals surface area contributed by atoms with Crippen molar-refractivity contribution in [2.75, 3.05) is 0 Å². The van der Waals surface area contributed by atoms with Gasteiger partial charge in [0.05, 0.1) is 0 Å². The van der Waals surface area contributed by atoms with Crippen molar-refractivity contribution in [3.63, 3.8) is 0 Å². The van der Waals surface area contributed by atoms with Crippen molar-refractivity contribution in [1.82, 2.24) is 10.6 Å². The van der Waals surface area contributed by atoms with Crippen LogP contribution in [0.4, 0.5) is 0 Å². The van der Waals surface area contributed by atoms with Crippen LogP contribution >= 0.6 is 0 Å². The van der Waals surface area contributed by atoms with Crippen LogP contribution in [0.25, 0.3) is 0 Å². The Bertz CT molecular complexity index is 220. The molecule has 1 rings (SSSR count). The van der Waals surface area contributed by atoms with Crippen LogP contribution in [0, 0.1) is 0 Å². The number of rotatable bonds is 4. The normalized spacial score (nSPS) is 22.4. The van der Waals surface area contributed by atoms with Crippen molar-refractivity contribution in [2.45, 2.75) is 78.3 Å². The molecule has 1 saturated carbocycles. The average Bonchev–Trinajstić information content (AvgIpc) is 2.43. The van der Waals surface area contributed by atoms with Crippen LogP contribution in [-0.4, -0.2) is 23.9 Å². The van der Waals surface area contributed by atoms with Gasteiger partial charge in [-0.1, -0.05) is 27.7 Å². The van der Waals surface area contributed by atoms with Crippen molar-refractivity contribution in [3.05, 3.63) is 0 Å². The molecule has 2 N–H and O–H groups in total.